The molecule has 0 unspecified atom stereocenters. The van der Waals surface area contributed by atoms with Crippen LogP contribution in [-0.2, 0) is 4.74 Å². The van der Waals surface area contributed by atoms with Gasteiger partial charge in [0.25, 0.3) is 11.8 Å². The number of ether oxygens (including phenoxy) is 2. The molecule has 0 aliphatic carbocycles. The number of fused-ring (bicyclic) bond motifs is 3. The smallest absolute Gasteiger partial charge is 0.251 e. The number of nitrogens with one attached hydrogen (secondary N) is 2. The molecule has 1 fully saturated rings. The van der Waals surface area contributed by atoms with Gasteiger partial charge in [-0.3, -0.25) is 9.59 Å². The van der Waals surface area contributed by atoms with Crippen LogP contribution in [0.5, 0.6) is 5.75 Å². The van der Waals surface area contributed by atoms with Crippen LogP contribution in [0.15, 0.2) is 48.5 Å². The fraction of sp³-hybridized carbons (Fsp3) is 0.200. The minimum absolute atomic E-state index is 0.0661. The number of carbonyl (C=O) groups is 2. The van der Waals surface area contributed by atoms with Crippen molar-refractivity contribution in [3.63, 3.8) is 0 Å². The van der Waals surface area contributed by atoms with Gasteiger partial charge in [0.2, 0.25) is 0 Å². The van der Waals surface area contributed by atoms with Crippen LogP contribution in [0.4, 0.5) is 4.39 Å². The highest BCUT2D eigenvalue weighted by Crippen LogP contribution is 2.34. The molecule has 0 bridgehead atoms. The minimum atomic E-state index is -0.610. The van der Waals surface area contributed by atoms with E-state index >= 15 is 0 Å². The van der Waals surface area contributed by atoms with E-state index in [0.29, 0.717) is 34.1 Å². The van der Waals surface area contributed by atoms with Crippen molar-refractivity contribution in [1.82, 2.24) is 10.3 Å². The quantitative estimate of drug-likeness (QED) is 0.418. The maximum Gasteiger partial charge on any atom is 0.251 e. The molecular weight excluding hydrogens is 425 g/mol. The van der Waals surface area contributed by atoms with Crippen molar-refractivity contribution in [1.29, 1.82) is 0 Å². The zero-order valence-electron chi connectivity index (χ0n) is 17.9. The lowest BCUT2D eigenvalue weighted by Gasteiger charge is -2.26. The molecule has 2 heterocycles. The number of benzene rings is 3. The molecule has 1 aliphatic rings. The van der Waals surface area contributed by atoms with E-state index in [1.165, 1.54) is 19.2 Å². The highest BCUT2D eigenvalue weighted by atomic mass is 19.1. The Hall–Kier alpha value is -3.91. The number of methoxy groups -OCH3 is 1. The first-order chi connectivity index (χ1) is 15.9. The van der Waals surface area contributed by atoms with Gasteiger partial charge in [-0.2, -0.15) is 0 Å². The largest absolute Gasteiger partial charge is 0.494 e. The van der Waals surface area contributed by atoms with E-state index in [0.717, 1.165) is 23.9 Å². The molecular formula is C25H22FN3O4. The van der Waals surface area contributed by atoms with Crippen molar-refractivity contribution >= 4 is 33.6 Å². The predicted molar refractivity (Wildman–Crippen MR) is 123 cm³/mol. The fourth-order valence-electron chi connectivity index (χ4n) is 4.10. The van der Waals surface area contributed by atoms with Crippen molar-refractivity contribution in [3.8, 4) is 16.9 Å². The summed E-state index contributed by atoms with van der Waals surface area (Å²) in [7, 11) is 1.40. The fourth-order valence-corrected chi connectivity index (χ4v) is 4.10. The molecule has 1 aliphatic heterocycles. The monoisotopic (exact) mass is 447 g/mol. The molecule has 4 aromatic rings. The number of hydrogen-bond acceptors (Lipinski definition) is 4. The van der Waals surface area contributed by atoms with Crippen LogP contribution < -0.4 is 15.8 Å². The van der Waals surface area contributed by atoms with E-state index in [-0.39, 0.29) is 23.3 Å². The number of amides is 2. The van der Waals surface area contributed by atoms with E-state index in [1.807, 2.05) is 6.07 Å². The van der Waals surface area contributed by atoms with Gasteiger partial charge in [-0.05, 0) is 60.0 Å². The van der Waals surface area contributed by atoms with Gasteiger partial charge in [-0.1, -0.05) is 6.07 Å². The average Bonchev–Trinajstić information content (AvgIpc) is 3.14. The summed E-state index contributed by atoms with van der Waals surface area (Å²) in [5.41, 5.74) is 8.94. The van der Waals surface area contributed by atoms with E-state index in [9.17, 15) is 14.0 Å². The van der Waals surface area contributed by atoms with Gasteiger partial charge < -0.3 is 25.5 Å². The second-order valence-electron chi connectivity index (χ2n) is 8.04. The highest BCUT2D eigenvalue weighted by molar-refractivity contribution is 6.17. The van der Waals surface area contributed by atoms with Gasteiger partial charge in [0, 0.05) is 35.0 Å². The van der Waals surface area contributed by atoms with E-state index in [1.54, 1.807) is 30.3 Å². The summed E-state index contributed by atoms with van der Waals surface area (Å²) in [6, 6.07) is 13.4. The minimum Gasteiger partial charge on any atom is -0.494 e. The van der Waals surface area contributed by atoms with Crippen LogP contribution >= 0.6 is 0 Å². The van der Waals surface area contributed by atoms with E-state index < -0.39 is 11.7 Å². The third kappa shape index (κ3) is 3.78. The van der Waals surface area contributed by atoms with Crippen LogP contribution in [0.25, 0.3) is 32.9 Å². The zero-order valence-corrected chi connectivity index (χ0v) is 17.9. The maximum atomic E-state index is 14.3. The summed E-state index contributed by atoms with van der Waals surface area (Å²) >= 11 is 0. The van der Waals surface area contributed by atoms with Gasteiger partial charge in [0.1, 0.15) is 0 Å². The third-order valence-corrected chi connectivity index (χ3v) is 6.00. The van der Waals surface area contributed by atoms with Crippen LogP contribution in [0.3, 0.4) is 0 Å². The van der Waals surface area contributed by atoms with Gasteiger partial charge in [0.15, 0.2) is 11.6 Å². The molecule has 0 radical (unpaired) electrons. The van der Waals surface area contributed by atoms with Gasteiger partial charge >= 0.3 is 0 Å². The number of hydrogen-bond donors (Lipinski definition) is 3. The molecule has 7 nitrogen and oxygen atoms in total. The van der Waals surface area contributed by atoms with Crippen LogP contribution in [-0.4, -0.2) is 43.2 Å². The normalized spacial score (nSPS) is 15.4. The Morgan fingerprint density at radius 2 is 1.97 bits per heavy atom. The Morgan fingerprint density at radius 1 is 1.15 bits per heavy atom. The topological polar surface area (TPSA) is 106 Å². The number of aromatic amines is 1. The molecule has 1 atom stereocenters. The number of H-pyrrole nitrogens is 1. The van der Waals surface area contributed by atoms with E-state index in [2.05, 4.69) is 10.3 Å². The average molecular weight is 447 g/mol. The third-order valence-electron chi connectivity index (χ3n) is 6.00. The Balaban J connectivity index is 1.61. The number of halogens is 1. The first-order valence-corrected chi connectivity index (χ1v) is 10.6. The van der Waals surface area contributed by atoms with Crippen molar-refractivity contribution < 1.29 is 23.5 Å². The molecule has 1 aromatic heterocycles. The Bertz CT molecular complexity index is 1410. The van der Waals surface area contributed by atoms with Crippen LogP contribution in [0, 0.1) is 5.82 Å². The number of aromatic nitrogens is 1. The summed E-state index contributed by atoms with van der Waals surface area (Å²) in [6.07, 6.45) is 1.00. The molecule has 3 aromatic carbocycles. The second-order valence-corrected chi connectivity index (χ2v) is 8.04. The lowest BCUT2D eigenvalue weighted by atomic mass is 9.98. The molecule has 4 N–H and O–H groups in total. The molecule has 0 spiro atoms. The molecule has 0 saturated carbocycles. The standard InChI is InChI=1S/C25H22FN3O4/c1-32-22-5-3-13(11-20(22)26)15-9-18-17-8-14(25(31)28-12-16-6-7-33-16)2-4-21(17)29-23(18)19(10-15)24(27)30/h2-5,8-11,16,29H,6-7,12H2,1H3,(H2,27,30)(H,28,31)/t16-/m0/s1. The Labute approximate surface area is 188 Å². The lowest BCUT2D eigenvalue weighted by molar-refractivity contribution is -0.0472. The first kappa shape index (κ1) is 21.0. The molecule has 5 rings (SSSR count). The summed E-state index contributed by atoms with van der Waals surface area (Å²) in [4.78, 5) is 28.1. The first-order valence-electron chi connectivity index (χ1n) is 10.6. The predicted octanol–water partition coefficient (Wildman–Crippen LogP) is 3.75. The highest BCUT2D eigenvalue weighted by Gasteiger charge is 2.20. The molecule has 2 amide bonds. The SMILES string of the molecule is COc1ccc(-c2cc(C(N)=O)c3[nH]c4ccc(C(=O)NC[C@@H]5CCO5)cc4c3c2)cc1F. The number of primary amides is 1. The number of rotatable bonds is 6. The van der Waals surface area contributed by atoms with Gasteiger partial charge in [-0.15, -0.1) is 0 Å². The zero-order chi connectivity index (χ0) is 23.1. The lowest BCUT2D eigenvalue weighted by Crippen LogP contribution is -2.39. The van der Waals surface area contributed by atoms with Gasteiger partial charge in [0.05, 0.1) is 24.3 Å². The molecule has 1 saturated heterocycles. The summed E-state index contributed by atoms with van der Waals surface area (Å²) in [6.45, 7) is 1.19. The molecule has 33 heavy (non-hydrogen) atoms. The Kier molecular flexibility index (Phi) is 5.22. The van der Waals surface area contributed by atoms with Crippen molar-refractivity contribution in [2.24, 2.45) is 5.73 Å². The molecule has 168 valence electrons. The summed E-state index contributed by atoms with van der Waals surface area (Å²) in [5.74, 6) is -1.19. The van der Waals surface area contributed by atoms with Crippen molar-refractivity contribution in [2.75, 3.05) is 20.3 Å². The number of carbonyl (C=O) groups excluding carboxylic acids is 2. The van der Waals surface area contributed by atoms with Crippen molar-refractivity contribution in [3.05, 3.63) is 65.5 Å². The second kappa shape index (κ2) is 8.22. The van der Waals surface area contributed by atoms with Crippen molar-refractivity contribution in [2.45, 2.75) is 12.5 Å². The van der Waals surface area contributed by atoms with Crippen LogP contribution in [0.1, 0.15) is 27.1 Å². The Morgan fingerprint density at radius 3 is 2.64 bits per heavy atom. The number of nitrogens with two attached hydrogens (primary N) is 1. The summed E-state index contributed by atoms with van der Waals surface area (Å²) in [5, 5.41) is 4.36. The van der Waals surface area contributed by atoms with E-state index in [4.69, 9.17) is 15.2 Å². The maximum absolute atomic E-state index is 14.3. The molecule has 8 heteroatoms. The van der Waals surface area contributed by atoms with Gasteiger partial charge in [-0.25, -0.2) is 4.39 Å². The summed E-state index contributed by atoms with van der Waals surface area (Å²) < 4.78 is 24.7. The van der Waals surface area contributed by atoms with Crippen LogP contribution in [0.2, 0.25) is 0 Å².